The fourth-order valence-corrected chi connectivity index (χ4v) is 7.06. The molecule has 0 saturated carbocycles. The number of H-pyrrole nitrogens is 1. The van der Waals surface area contributed by atoms with Crippen LogP contribution in [0.4, 0.5) is 0 Å². The minimum absolute atomic E-state index is 0.326. The molecule has 3 aliphatic rings. The van der Waals surface area contributed by atoms with Crippen LogP contribution in [0.5, 0.6) is 17.2 Å². The summed E-state index contributed by atoms with van der Waals surface area (Å²) in [5.41, 5.74) is 6.66. The summed E-state index contributed by atoms with van der Waals surface area (Å²) in [5.74, 6) is 3.36. The number of rotatable bonds is 5. The fraction of sp³-hybridized carbons (Fsp3) is 0.517. The second-order valence-electron chi connectivity index (χ2n) is 10.6. The van der Waals surface area contributed by atoms with E-state index in [4.69, 9.17) is 9.47 Å². The predicted molar refractivity (Wildman–Crippen MR) is 138 cm³/mol. The maximum absolute atomic E-state index is 10.1. The predicted octanol–water partition coefficient (Wildman–Crippen LogP) is 5.11. The Morgan fingerprint density at radius 2 is 1.89 bits per heavy atom. The van der Waals surface area contributed by atoms with E-state index in [1.807, 2.05) is 12.1 Å². The first-order valence-corrected chi connectivity index (χ1v) is 13.1. The van der Waals surface area contributed by atoms with Crippen molar-refractivity contribution in [1.29, 1.82) is 0 Å². The SMILES string of the molecule is CC[C@H]1CN2CCc3cc(OC)c(OC)cc3[C@H]2C[C@@H]1C[C@H]1NCCc2c1[nH]c1ccc(O)cc21. The largest absolute Gasteiger partial charge is 0.508 e. The molecule has 0 bridgehead atoms. The van der Waals surface area contributed by atoms with Crippen molar-refractivity contribution in [3.8, 4) is 17.2 Å². The number of benzene rings is 2. The Morgan fingerprint density at radius 1 is 1.06 bits per heavy atom. The molecule has 3 aromatic rings. The minimum Gasteiger partial charge on any atom is -0.508 e. The van der Waals surface area contributed by atoms with Crippen LogP contribution in [-0.4, -0.2) is 48.8 Å². The second-order valence-corrected chi connectivity index (χ2v) is 10.6. The highest BCUT2D eigenvalue weighted by Crippen LogP contribution is 2.47. The van der Waals surface area contributed by atoms with Crippen LogP contribution in [0.25, 0.3) is 10.9 Å². The van der Waals surface area contributed by atoms with Gasteiger partial charge < -0.3 is 24.9 Å². The Morgan fingerprint density at radius 3 is 2.69 bits per heavy atom. The number of piperidine rings is 1. The molecule has 6 nitrogen and oxygen atoms in total. The summed E-state index contributed by atoms with van der Waals surface area (Å²) >= 11 is 0. The van der Waals surface area contributed by atoms with E-state index >= 15 is 0 Å². The van der Waals surface area contributed by atoms with Crippen molar-refractivity contribution in [2.75, 3.05) is 33.9 Å². The number of aromatic amines is 1. The van der Waals surface area contributed by atoms with Gasteiger partial charge in [0.1, 0.15) is 5.75 Å². The lowest BCUT2D eigenvalue weighted by atomic mass is 9.73. The highest BCUT2D eigenvalue weighted by Gasteiger charge is 2.40. The number of hydrogen-bond donors (Lipinski definition) is 3. The summed E-state index contributed by atoms with van der Waals surface area (Å²) < 4.78 is 11.3. The zero-order valence-electron chi connectivity index (χ0n) is 21.1. The average Bonchev–Trinajstić information content (AvgIpc) is 3.26. The van der Waals surface area contributed by atoms with Crippen LogP contribution in [0.3, 0.4) is 0 Å². The number of methoxy groups -OCH3 is 2. The van der Waals surface area contributed by atoms with Gasteiger partial charge in [0, 0.05) is 41.8 Å². The molecule has 4 heterocycles. The fourth-order valence-electron chi connectivity index (χ4n) is 7.06. The number of phenols is 1. The Balaban J connectivity index is 1.30. The van der Waals surface area contributed by atoms with Gasteiger partial charge in [0.15, 0.2) is 11.5 Å². The highest BCUT2D eigenvalue weighted by molar-refractivity contribution is 5.86. The van der Waals surface area contributed by atoms with Crippen molar-refractivity contribution in [2.24, 2.45) is 11.8 Å². The molecule has 0 amide bonds. The molecule has 0 spiro atoms. The molecule has 1 aromatic heterocycles. The molecule has 4 atom stereocenters. The summed E-state index contributed by atoms with van der Waals surface area (Å²) in [6.45, 7) is 5.63. The molecule has 1 saturated heterocycles. The lowest BCUT2D eigenvalue weighted by molar-refractivity contribution is 0.0433. The quantitative estimate of drug-likeness (QED) is 0.478. The van der Waals surface area contributed by atoms with Crippen molar-refractivity contribution in [1.82, 2.24) is 15.2 Å². The standard InChI is InChI=1S/C29H37N3O3/c1-4-17-16-32-10-8-18-13-27(34-2)28(35-3)15-22(18)26(32)12-19(17)11-25-29-21(7-9-30-25)23-14-20(33)5-6-24(23)31-29/h5-6,13-15,17,19,25-26,30-31,33H,4,7-12,16H2,1-3H3/t17-,19-,25+,26+/m0/s1. The molecule has 1 fully saturated rings. The molecule has 0 unspecified atom stereocenters. The van der Waals surface area contributed by atoms with Crippen LogP contribution in [0, 0.1) is 11.8 Å². The van der Waals surface area contributed by atoms with Gasteiger partial charge >= 0.3 is 0 Å². The first-order valence-electron chi connectivity index (χ1n) is 13.1. The molecule has 6 rings (SSSR count). The second kappa shape index (κ2) is 9.07. The minimum atomic E-state index is 0.326. The molecular formula is C29H37N3O3. The van der Waals surface area contributed by atoms with E-state index in [0.717, 1.165) is 49.4 Å². The first-order chi connectivity index (χ1) is 17.1. The van der Waals surface area contributed by atoms with Crippen molar-refractivity contribution in [3.63, 3.8) is 0 Å². The van der Waals surface area contributed by atoms with Crippen LogP contribution >= 0.6 is 0 Å². The van der Waals surface area contributed by atoms with Gasteiger partial charge in [-0.3, -0.25) is 4.90 Å². The summed E-state index contributed by atoms with van der Waals surface area (Å²) in [5, 5.41) is 15.1. The Hall–Kier alpha value is -2.70. The monoisotopic (exact) mass is 475 g/mol. The number of aromatic nitrogens is 1. The van der Waals surface area contributed by atoms with Crippen LogP contribution < -0.4 is 14.8 Å². The number of nitrogens with zero attached hydrogens (tertiary/aromatic N) is 1. The molecule has 2 aromatic carbocycles. The van der Waals surface area contributed by atoms with Crippen molar-refractivity contribution >= 4 is 10.9 Å². The van der Waals surface area contributed by atoms with E-state index in [9.17, 15) is 5.11 Å². The normalized spacial score (nSPS) is 26.1. The number of hydrogen-bond acceptors (Lipinski definition) is 5. The van der Waals surface area contributed by atoms with E-state index in [1.165, 1.54) is 47.2 Å². The molecule has 0 radical (unpaired) electrons. The van der Waals surface area contributed by atoms with Crippen molar-refractivity contribution < 1.29 is 14.6 Å². The number of aromatic hydroxyl groups is 1. The number of nitrogens with one attached hydrogen (secondary N) is 2. The maximum Gasteiger partial charge on any atom is 0.161 e. The van der Waals surface area contributed by atoms with Gasteiger partial charge in [-0.25, -0.2) is 0 Å². The Kier molecular flexibility index (Phi) is 5.89. The van der Waals surface area contributed by atoms with Gasteiger partial charge in [0.25, 0.3) is 0 Å². The number of ether oxygens (including phenoxy) is 2. The Bertz CT molecular complexity index is 1240. The summed E-state index contributed by atoms with van der Waals surface area (Å²) in [7, 11) is 3.45. The van der Waals surface area contributed by atoms with E-state index in [0.29, 0.717) is 29.7 Å². The van der Waals surface area contributed by atoms with E-state index in [-0.39, 0.29) is 0 Å². The molecular weight excluding hydrogens is 438 g/mol. The van der Waals surface area contributed by atoms with Gasteiger partial charge in [-0.2, -0.15) is 0 Å². The first kappa shape index (κ1) is 22.7. The third kappa shape index (κ3) is 3.87. The third-order valence-corrected chi connectivity index (χ3v) is 8.87. The van der Waals surface area contributed by atoms with Crippen molar-refractivity contribution in [2.45, 2.75) is 51.1 Å². The molecule has 35 heavy (non-hydrogen) atoms. The van der Waals surface area contributed by atoms with Gasteiger partial charge in [-0.1, -0.05) is 13.3 Å². The average molecular weight is 476 g/mol. The third-order valence-electron chi connectivity index (χ3n) is 8.87. The molecule has 0 aliphatic carbocycles. The number of phenolic OH excluding ortho intramolecular Hbond substituents is 1. The maximum atomic E-state index is 10.1. The smallest absolute Gasteiger partial charge is 0.161 e. The van der Waals surface area contributed by atoms with Crippen LogP contribution in [-0.2, 0) is 12.8 Å². The zero-order chi connectivity index (χ0) is 24.1. The van der Waals surface area contributed by atoms with E-state index in [2.05, 4.69) is 34.3 Å². The summed E-state index contributed by atoms with van der Waals surface area (Å²) in [6.07, 6.45) is 5.60. The number of fused-ring (bicyclic) bond motifs is 6. The van der Waals surface area contributed by atoms with Gasteiger partial charge in [0.05, 0.1) is 14.2 Å². The lowest BCUT2D eigenvalue weighted by Crippen LogP contribution is -2.46. The summed E-state index contributed by atoms with van der Waals surface area (Å²) in [6, 6.07) is 10.9. The molecule has 186 valence electrons. The lowest BCUT2D eigenvalue weighted by Gasteiger charge is -2.48. The molecule has 6 heteroatoms. The molecule has 3 N–H and O–H groups in total. The van der Waals surface area contributed by atoms with Crippen molar-refractivity contribution in [3.05, 3.63) is 52.7 Å². The highest BCUT2D eigenvalue weighted by atomic mass is 16.5. The van der Waals surface area contributed by atoms with E-state index < -0.39 is 0 Å². The van der Waals surface area contributed by atoms with Crippen LogP contribution in [0.15, 0.2) is 30.3 Å². The Labute approximate surface area is 207 Å². The molecule has 3 aliphatic heterocycles. The van der Waals surface area contributed by atoms with Gasteiger partial charge in [-0.15, -0.1) is 0 Å². The zero-order valence-corrected chi connectivity index (χ0v) is 21.1. The van der Waals surface area contributed by atoms with Crippen LogP contribution in [0.2, 0.25) is 0 Å². The van der Waals surface area contributed by atoms with Gasteiger partial charge in [0.2, 0.25) is 0 Å². The topological polar surface area (TPSA) is 69.8 Å². The van der Waals surface area contributed by atoms with Crippen LogP contribution in [0.1, 0.15) is 60.7 Å². The van der Waals surface area contributed by atoms with Gasteiger partial charge in [-0.05, 0) is 91.1 Å². The summed E-state index contributed by atoms with van der Waals surface area (Å²) in [4.78, 5) is 6.41. The van der Waals surface area contributed by atoms with E-state index in [1.54, 1.807) is 20.3 Å².